The SMILES string of the molecule is CO[C@@H]1C[C@H]2C(=O)N([C@H]3CCN(CC(F)(F)F)C3=O)C(=O)N2C1. The zero-order chi connectivity index (χ0) is 16.9. The van der Waals surface area contributed by atoms with Crippen molar-refractivity contribution in [2.24, 2.45) is 0 Å². The van der Waals surface area contributed by atoms with Crippen LogP contribution >= 0.6 is 0 Å². The summed E-state index contributed by atoms with van der Waals surface area (Å²) in [6, 6.07) is -2.44. The monoisotopic (exact) mass is 335 g/mol. The maximum absolute atomic E-state index is 12.4. The zero-order valence-corrected chi connectivity index (χ0v) is 12.4. The highest BCUT2D eigenvalue weighted by Gasteiger charge is 2.55. The van der Waals surface area contributed by atoms with Crippen molar-refractivity contribution in [2.75, 3.05) is 26.7 Å². The quantitative estimate of drug-likeness (QED) is 0.691. The first-order valence-electron chi connectivity index (χ1n) is 7.25. The summed E-state index contributed by atoms with van der Waals surface area (Å²) in [6.45, 7) is -1.24. The van der Waals surface area contributed by atoms with Crippen molar-refractivity contribution in [1.29, 1.82) is 0 Å². The van der Waals surface area contributed by atoms with Gasteiger partial charge in [0.15, 0.2) is 0 Å². The summed E-state index contributed by atoms with van der Waals surface area (Å²) in [4.78, 5) is 39.7. The summed E-state index contributed by atoms with van der Waals surface area (Å²) in [5, 5.41) is 0. The zero-order valence-electron chi connectivity index (χ0n) is 12.4. The van der Waals surface area contributed by atoms with Gasteiger partial charge in [0, 0.05) is 26.6 Å². The van der Waals surface area contributed by atoms with Gasteiger partial charge in [0.05, 0.1) is 6.10 Å². The molecule has 3 rings (SSSR count). The normalized spacial score (nSPS) is 31.6. The minimum absolute atomic E-state index is 0.0284. The molecule has 0 aromatic carbocycles. The Labute approximate surface area is 129 Å². The number of amides is 4. The number of methoxy groups -OCH3 is 1. The molecule has 0 aromatic heterocycles. The van der Waals surface area contributed by atoms with Crippen molar-refractivity contribution in [2.45, 2.75) is 37.2 Å². The predicted octanol–water partition coefficient (Wildman–Crippen LogP) is 0.201. The van der Waals surface area contributed by atoms with Crippen molar-refractivity contribution in [3.63, 3.8) is 0 Å². The van der Waals surface area contributed by atoms with E-state index in [1.54, 1.807) is 0 Å². The number of carbonyl (C=O) groups is 3. The fourth-order valence-electron chi connectivity index (χ4n) is 3.43. The van der Waals surface area contributed by atoms with E-state index >= 15 is 0 Å². The summed E-state index contributed by atoms with van der Waals surface area (Å²) in [6.07, 6.45) is -4.38. The Kier molecular flexibility index (Phi) is 3.74. The Morgan fingerprint density at radius 1 is 1.17 bits per heavy atom. The molecule has 4 amide bonds. The number of alkyl halides is 3. The van der Waals surface area contributed by atoms with Crippen LogP contribution in [0.2, 0.25) is 0 Å². The van der Waals surface area contributed by atoms with Crippen LogP contribution in [-0.4, -0.2) is 83.7 Å². The molecule has 7 nitrogen and oxygen atoms in total. The third-order valence-corrected chi connectivity index (χ3v) is 4.52. The highest BCUT2D eigenvalue weighted by molar-refractivity contribution is 6.08. The van der Waals surface area contributed by atoms with E-state index in [9.17, 15) is 27.6 Å². The maximum Gasteiger partial charge on any atom is 0.406 e. The van der Waals surface area contributed by atoms with Gasteiger partial charge in [-0.15, -0.1) is 0 Å². The number of hydrogen-bond acceptors (Lipinski definition) is 4. The van der Waals surface area contributed by atoms with Crippen molar-refractivity contribution < 1.29 is 32.3 Å². The average Bonchev–Trinajstić information content (AvgIpc) is 3.09. The van der Waals surface area contributed by atoms with E-state index in [0.717, 1.165) is 4.90 Å². The summed E-state index contributed by atoms with van der Waals surface area (Å²) < 4.78 is 42.5. The Morgan fingerprint density at radius 2 is 1.87 bits per heavy atom. The number of fused-ring (bicyclic) bond motifs is 1. The van der Waals surface area contributed by atoms with E-state index in [-0.39, 0.29) is 25.6 Å². The number of ether oxygens (including phenoxy) is 1. The molecule has 0 aromatic rings. The molecule has 3 fully saturated rings. The van der Waals surface area contributed by atoms with Gasteiger partial charge < -0.3 is 14.5 Å². The molecule has 0 N–H and O–H groups in total. The lowest BCUT2D eigenvalue weighted by Gasteiger charge is -2.23. The van der Waals surface area contributed by atoms with Crippen LogP contribution in [-0.2, 0) is 14.3 Å². The topological polar surface area (TPSA) is 70.2 Å². The maximum atomic E-state index is 12.4. The summed E-state index contributed by atoms with van der Waals surface area (Å²) in [5.74, 6) is -1.35. The van der Waals surface area contributed by atoms with Crippen molar-refractivity contribution in [3.8, 4) is 0 Å². The molecule has 0 spiro atoms. The smallest absolute Gasteiger partial charge is 0.380 e. The molecule has 3 saturated heterocycles. The lowest BCUT2D eigenvalue weighted by molar-refractivity contribution is -0.159. The van der Waals surface area contributed by atoms with Crippen molar-refractivity contribution in [3.05, 3.63) is 0 Å². The molecule has 3 aliphatic rings. The fraction of sp³-hybridized carbons (Fsp3) is 0.769. The number of hydrogen-bond donors (Lipinski definition) is 0. The number of rotatable bonds is 3. The Bertz CT molecular complexity index is 529. The van der Waals surface area contributed by atoms with Gasteiger partial charge in [-0.1, -0.05) is 0 Å². The van der Waals surface area contributed by atoms with Crippen LogP contribution in [0.25, 0.3) is 0 Å². The molecule has 0 saturated carbocycles. The largest absolute Gasteiger partial charge is 0.406 e. The Balaban J connectivity index is 1.73. The second-order valence-corrected chi connectivity index (χ2v) is 5.93. The first-order chi connectivity index (χ1) is 10.7. The lowest BCUT2D eigenvalue weighted by Crippen LogP contribution is -2.48. The van der Waals surface area contributed by atoms with E-state index in [2.05, 4.69) is 0 Å². The van der Waals surface area contributed by atoms with Gasteiger partial charge in [-0.2, -0.15) is 13.2 Å². The molecule has 3 atom stereocenters. The lowest BCUT2D eigenvalue weighted by atomic mass is 10.1. The van der Waals surface area contributed by atoms with Crippen LogP contribution in [0.5, 0.6) is 0 Å². The predicted molar refractivity (Wildman–Crippen MR) is 69.2 cm³/mol. The van der Waals surface area contributed by atoms with Gasteiger partial charge in [0.2, 0.25) is 5.91 Å². The van der Waals surface area contributed by atoms with E-state index < -0.39 is 42.7 Å². The van der Waals surface area contributed by atoms with Crippen molar-refractivity contribution >= 4 is 17.8 Å². The van der Waals surface area contributed by atoms with Crippen LogP contribution in [0.3, 0.4) is 0 Å². The van der Waals surface area contributed by atoms with Gasteiger partial charge >= 0.3 is 12.2 Å². The molecule has 3 heterocycles. The molecular weight excluding hydrogens is 319 g/mol. The molecule has 0 unspecified atom stereocenters. The molecule has 0 radical (unpaired) electrons. The van der Waals surface area contributed by atoms with Crippen LogP contribution < -0.4 is 0 Å². The van der Waals surface area contributed by atoms with E-state index in [1.165, 1.54) is 12.0 Å². The molecule has 10 heteroatoms. The Morgan fingerprint density at radius 3 is 2.43 bits per heavy atom. The molecule has 23 heavy (non-hydrogen) atoms. The summed E-state index contributed by atoms with van der Waals surface area (Å²) in [7, 11) is 1.48. The van der Waals surface area contributed by atoms with Crippen LogP contribution in [0.4, 0.5) is 18.0 Å². The first kappa shape index (κ1) is 16.0. The van der Waals surface area contributed by atoms with Gasteiger partial charge in [0.1, 0.15) is 18.6 Å². The Hall–Kier alpha value is -1.84. The van der Waals surface area contributed by atoms with Crippen LogP contribution in [0.1, 0.15) is 12.8 Å². The van der Waals surface area contributed by atoms with E-state index in [0.29, 0.717) is 11.3 Å². The number of carbonyl (C=O) groups excluding carboxylic acids is 3. The van der Waals surface area contributed by atoms with Crippen molar-refractivity contribution in [1.82, 2.24) is 14.7 Å². The minimum atomic E-state index is -4.50. The number of imide groups is 1. The molecule has 3 aliphatic heterocycles. The molecule has 128 valence electrons. The van der Waals surface area contributed by atoms with Crippen LogP contribution in [0.15, 0.2) is 0 Å². The highest BCUT2D eigenvalue weighted by Crippen LogP contribution is 2.33. The standard InChI is InChI=1S/C13H16F3N3O4/c1-23-7-4-9-11(21)19(12(22)18(9)5-7)8-2-3-17(10(8)20)6-13(14,15)16/h7-9H,2-6H2,1H3/t7-,8+,9+/m1/s1. The number of urea groups is 1. The van der Waals surface area contributed by atoms with Gasteiger partial charge in [-0.3, -0.25) is 9.59 Å². The van der Waals surface area contributed by atoms with E-state index in [4.69, 9.17) is 4.74 Å². The third-order valence-electron chi connectivity index (χ3n) is 4.52. The fourth-order valence-corrected chi connectivity index (χ4v) is 3.43. The minimum Gasteiger partial charge on any atom is -0.380 e. The summed E-state index contributed by atoms with van der Waals surface area (Å²) >= 11 is 0. The van der Waals surface area contributed by atoms with Crippen LogP contribution in [0, 0.1) is 0 Å². The number of nitrogens with zero attached hydrogens (tertiary/aromatic N) is 3. The average molecular weight is 335 g/mol. The summed E-state index contributed by atoms with van der Waals surface area (Å²) in [5.41, 5.74) is 0. The number of halogens is 3. The number of likely N-dealkylation sites (tertiary alicyclic amines) is 1. The van der Waals surface area contributed by atoms with Gasteiger partial charge in [-0.05, 0) is 6.42 Å². The first-order valence-corrected chi connectivity index (χ1v) is 7.25. The van der Waals surface area contributed by atoms with Gasteiger partial charge in [0.25, 0.3) is 5.91 Å². The molecule has 0 aliphatic carbocycles. The molecule has 0 bridgehead atoms. The van der Waals surface area contributed by atoms with Gasteiger partial charge in [-0.25, -0.2) is 9.69 Å². The second kappa shape index (κ2) is 5.36. The highest BCUT2D eigenvalue weighted by atomic mass is 19.4. The second-order valence-electron chi connectivity index (χ2n) is 5.93. The third kappa shape index (κ3) is 2.64. The molecular formula is C13H16F3N3O4. The van der Waals surface area contributed by atoms with E-state index in [1.807, 2.05) is 0 Å².